The lowest BCUT2D eigenvalue weighted by molar-refractivity contribution is 0.0696. The third-order valence-corrected chi connectivity index (χ3v) is 3.23. The predicted molar refractivity (Wildman–Crippen MR) is 74.9 cm³/mol. The minimum absolute atomic E-state index is 0.112. The van der Waals surface area contributed by atoms with E-state index in [4.69, 9.17) is 9.84 Å². The molecule has 1 N–H and O–H groups in total. The second-order valence-electron chi connectivity index (χ2n) is 4.14. The molecule has 0 saturated carbocycles. The number of aromatic nitrogens is 1. The van der Waals surface area contributed by atoms with Crippen molar-refractivity contribution in [2.45, 2.75) is 13.8 Å². The molecule has 0 aliphatic heterocycles. The molecule has 1 heterocycles. The van der Waals surface area contributed by atoms with Gasteiger partial charge in [-0.15, -0.1) is 0 Å². The lowest BCUT2D eigenvalue weighted by atomic mass is 10.1. The van der Waals surface area contributed by atoms with E-state index in [1.54, 1.807) is 0 Å². The van der Waals surface area contributed by atoms with Crippen LogP contribution < -0.4 is 4.74 Å². The van der Waals surface area contributed by atoms with Crippen molar-refractivity contribution in [2.75, 3.05) is 0 Å². The van der Waals surface area contributed by atoms with Crippen molar-refractivity contribution in [1.29, 1.82) is 0 Å². The van der Waals surface area contributed by atoms with E-state index in [0.717, 1.165) is 16.9 Å². The summed E-state index contributed by atoms with van der Waals surface area (Å²) in [6.07, 6.45) is 1.27. The maximum absolute atomic E-state index is 10.8. The van der Waals surface area contributed by atoms with Crippen molar-refractivity contribution in [3.63, 3.8) is 0 Å². The van der Waals surface area contributed by atoms with Crippen molar-refractivity contribution in [3.8, 4) is 11.6 Å². The van der Waals surface area contributed by atoms with Gasteiger partial charge in [0, 0.05) is 6.20 Å². The van der Waals surface area contributed by atoms with Crippen LogP contribution in [0.4, 0.5) is 0 Å². The van der Waals surface area contributed by atoms with E-state index in [9.17, 15) is 4.79 Å². The summed E-state index contributed by atoms with van der Waals surface area (Å²) in [5.74, 6) is 0.0630. The van der Waals surface area contributed by atoms with Crippen LogP contribution in [-0.2, 0) is 0 Å². The predicted octanol–water partition coefficient (Wildman–Crippen LogP) is 3.95. The summed E-state index contributed by atoms with van der Waals surface area (Å²) in [7, 11) is 0. The molecule has 98 valence electrons. The number of ether oxygens (including phenoxy) is 1. The molecule has 0 fully saturated rings. The molecule has 0 bridgehead atoms. The fourth-order valence-corrected chi connectivity index (χ4v) is 2.10. The van der Waals surface area contributed by atoms with Crippen molar-refractivity contribution < 1.29 is 14.6 Å². The maximum atomic E-state index is 10.8. The van der Waals surface area contributed by atoms with Gasteiger partial charge in [-0.3, -0.25) is 0 Å². The number of hydrogen-bond donors (Lipinski definition) is 1. The average Bonchev–Trinajstić information content (AvgIpc) is 2.35. The van der Waals surface area contributed by atoms with Gasteiger partial charge in [0.1, 0.15) is 5.75 Å². The Hall–Kier alpha value is -1.88. The maximum Gasteiger partial charge on any atom is 0.337 e. The van der Waals surface area contributed by atoms with Crippen molar-refractivity contribution >= 4 is 21.9 Å². The van der Waals surface area contributed by atoms with E-state index < -0.39 is 5.97 Å². The highest BCUT2D eigenvalue weighted by molar-refractivity contribution is 9.10. The van der Waals surface area contributed by atoms with Crippen LogP contribution in [0.1, 0.15) is 21.5 Å². The minimum atomic E-state index is -1.02. The van der Waals surface area contributed by atoms with Crippen molar-refractivity contribution in [3.05, 3.63) is 51.6 Å². The molecule has 1 aromatic carbocycles. The monoisotopic (exact) mass is 321 g/mol. The lowest BCUT2D eigenvalue weighted by Gasteiger charge is -2.11. The first-order valence-corrected chi connectivity index (χ1v) is 6.41. The Morgan fingerprint density at radius 1 is 1.32 bits per heavy atom. The van der Waals surface area contributed by atoms with E-state index >= 15 is 0 Å². The summed E-state index contributed by atoms with van der Waals surface area (Å²) in [6.45, 7) is 3.89. The highest BCUT2D eigenvalue weighted by atomic mass is 79.9. The minimum Gasteiger partial charge on any atom is -0.478 e. The first-order chi connectivity index (χ1) is 8.99. The zero-order valence-electron chi connectivity index (χ0n) is 10.5. The number of carboxylic acid groups (broad SMARTS) is 1. The Morgan fingerprint density at radius 2 is 1.95 bits per heavy atom. The highest BCUT2D eigenvalue weighted by Gasteiger charge is 2.12. The average molecular weight is 322 g/mol. The number of pyridine rings is 1. The van der Waals surface area contributed by atoms with Crippen LogP contribution in [0, 0.1) is 13.8 Å². The summed E-state index contributed by atoms with van der Waals surface area (Å²) in [5.41, 5.74) is 2.10. The van der Waals surface area contributed by atoms with Gasteiger partial charge in [-0.05, 0) is 47.0 Å². The van der Waals surface area contributed by atoms with Gasteiger partial charge in [0.15, 0.2) is 0 Å². The van der Waals surface area contributed by atoms with Crippen molar-refractivity contribution in [2.24, 2.45) is 0 Å². The first-order valence-electron chi connectivity index (χ1n) is 5.62. The Balaban J connectivity index is 2.36. The molecular formula is C14H12BrNO3. The number of hydrogen-bond acceptors (Lipinski definition) is 3. The van der Waals surface area contributed by atoms with Gasteiger partial charge in [0.05, 0.1) is 10.0 Å². The molecule has 2 rings (SSSR count). The van der Waals surface area contributed by atoms with Crippen LogP contribution in [0.5, 0.6) is 11.6 Å². The van der Waals surface area contributed by atoms with Crippen LogP contribution in [0.25, 0.3) is 0 Å². The number of halogens is 1. The third-order valence-electron chi connectivity index (χ3n) is 2.66. The van der Waals surface area contributed by atoms with Gasteiger partial charge >= 0.3 is 5.97 Å². The molecule has 0 aliphatic carbocycles. The molecule has 5 heteroatoms. The van der Waals surface area contributed by atoms with Crippen LogP contribution in [0.15, 0.2) is 34.9 Å². The number of carbonyl (C=O) groups is 1. The summed E-state index contributed by atoms with van der Waals surface area (Å²) in [5, 5.41) is 8.88. The standard InChI is InChI=1S/C14H12BrNO3/c1-8-4-3-5-9(2)12(8)19-13-11(15)6-10(7-16-13)14(17)18/h3-7H,1-2H3,(H,17,18). The quantitative estimate of drug-likeness (QED) is 0.929. The number of aryl methyl sites for hydroxylation is 2. The Kier molecular flexibility index (Phi) is 3.85. The fourth-order valence-electron chi connectivity index (χ4n) is 1.67. The molecule has 19 heavy (non-hydrogen) atoms. The first kappa shape index (κ1) is 13.5. The molecule has 4 nitrogen and oxygen atoms in total. The topological polar surface area (TPSA) is 59.4 Å². The van der Waals surface area contributed by atoms with E-state index in [2.05, 4.69) is 20.9 Å². The summed E-state index contributed by atoms with van der Waals surface area (Å²) < 4.78 is 6.26. The number of para-hydroxylation sites is 1. The SMILES string of the molecule is Cc1cccc(C)c1Oc1ncc(C(=O)O)cc1Br. The van der Waals surface area contributed by atoms with Gasteiger partial charge in [0.25, 0.3) is 0 Å². The molecule has 1 aromatic heterocycles. The van der Waals surface area contributed by atoms with Gasteiger partial charge in [-0.2, -0.15) is 0 Å². The Morgan fingerprint density at radius 3 is 2.47 bits per heavy atom. The van der Waals surface area contributed by atoms with Gasteiger partial charge in [0.2, 0.25) is 5.88 Å². The van der Waals surface area contributed by atoms with Crippen LogP contribution in [0.3, 0.4) is 0 Å². The molecule has 0 amide bonds. The zero-order chi connectivity index (χ0) is 14.0. The normalized spacial score (nSPS) is 10.3. The number of rotatable bonds is 3. The second kappa shape index (κ2) is 5.40. The lowest BCUT2D eigenvalue weighted by Crippen LogP contribution is -1.99. The van der Waals surface area contributed by atoms with E-state index in [1.165, 1.54) is 12.3 Å². The molecule has 2 aromatic rings. The second-order valence-corrected chi connectivity index (χ2v) is 4.99. The summed E-state index contributed by atoms with van der Waals surface area (Å²) >= 11 is 3.27. The number of aromatic carboxylic acids is 1. The molecular weight excluding hydrogens is 310 g/mol. The smallest absolute Gasteiger partial charge is 0.337 e. The van der Waals surface area contributed by atoms with Gasteiger partial charge in [-0.25, -0.2) is 9.78 Å². The number of nitrogens with zero attached hydrogens (tertiary/aromatic N) is 1. The largest absolute Gasteiger partial charge is 0.478 e. The van der Waals surface area contributed by atoms with Gasteiger partial charge < -0.3 is 9.84 Å². The van der Waals surface area contributed by atoms with Crippen molar-refractivity contribution in [1.82, 2.24) is 4.98 Å². The summed E-state index contributed by atoms with van der Waals surface area (Å²) in [4.78, 5) is 14.9. The van der Waals surface area contributed by atoms with E-state index in [-0.39, 0.29) is 5.56 Å². The molecule has 0 spiro atoms. The molecule has 0 unspecified atom stereocenters. The van der Waals surface area contributed by atoms with E-state index in [1.807, 2.05) is 32.0 Å². The van der Waals surface area contributed by atoms with Crippen LogP contribution in [-0.4, -0.2) is 16.1 Å². The fraction of sp³-hybridized carbons (Fsp3) is 0.143. The molecule has 0 saturated heterocycles. The summed E-state index contributed by atoms with van der Waals surface area (Å²) in [6, 6.07) is 7.31. The van der Waals surface area contributed by atoms with Crippen LogP contribution in [0.2, 0.25) is 0 Å². The highest BCUT2D eigenvalue weighted by Crippen LogP contribution is 2.32. The Labute approximate surface area is 119 Å². The van der Waals surface area contributed by atoms with E-state index in [0.29, 0.717) is 10.4 Å². The molecule has 0 atom stereocenters. The van der Waals surface area contributed by atoms with Crippen LogP contribution >= 0.6 is 15.9 Å². The third kappa shape index (κ3) is 2.93. The number of carboxylic acids is 1. The van der Waals surface area contributed by atoms with Gasteiger partial charge in [-0.1, -0.05) is 18.2 Å². The molecule has 0 radical (unpaired) electrons. The molecule has 0 aliphatic rings. The Bertz CT molecular complexity index is 620. The zero-order valence-corrected chi connectivity index (χ0v) is 12.1. The number of benzene rings is 1.